The molecule has 0 unspecified atom stereocenters. The van der Waals surface area contributed by atoms with Crippen LogP contribution in [0.4, 0.5) is 22.7 Å². The fourth-order valence-electron chi connectivity index (χ4n) is 5.00. The molecule has 0 atom stereocenters. The Morgan fingerprint density at radius 3 is 1.45 bits per heavy atom. The van der Waals surface area contributed by atoms with Gasteiger partial charge in [-0.3, -0.25) is 10.1 Å². The van der Waals surface area contributed by atoms with Crippen molar-refractivity contribution in [2.75, 3.05) is 57.6 Å². The van der Waals surface area contributed by atoms with Crippen LogP contribution in [0.3, 0.4) is 0 Å². The van der Waals surface area contributed by atoms with E-state index >= 15 is 0 Å². The molecule has 60 heavy (non-hydrogen) atoms. The van der Waals surface area contributed by atoms with Crippen LogP contribution >= 0.6 is 0 Å². The SMILES string of the molecule is C#CCOc1ccc(/C=C/C(=O)OCCN(CCOC(=O)/C=C/c2ccc(OCC#C)cc2OCC#C)c2ccc(N=Nc3ccc([N+](=O)[O-])cc3)cc2)c(OCC#C)c1. The zero-order valence-electron chi connectivity index (χ0n) is 32.2. The number of hydrogen-bond donors (Lipinski definition) is 0. The van der Waals surface area contributed by atoms with E-state index in [1.54, 1.807) is 60.7 Å². The fraction of sp³-hybridized carbons (Fsp3) is 0.174. The first-order valence-electron chi connectivity index (χ1n) is 18.0. The molecule has 0 saturated heterocycles. The normalized spacial score (nSPS) is 10.5. The Morgan fingerprint density at radius 1 is 0.617 bits per heavy atom. The minimum absolute atomic E-state index is 0.00414. The van der Waals surface area contributed by atoms with Gasteiger partial charge in [-0.15, -0.1) is 25.7 Å². The highest BCUT2D eigenvalue weighted by Gasteiger charge is 2.12. The van der Waals surface area contributed by atoms with E-state index in [9.17, 15) is 19.7 Å². The van der Waals surface area contributed by atoms with Gasteiger partial charge in [0.05, 0.1) is 29.4 Å². The molecule has 14 heteroatoms. The maximum atomic E-state index is 12.8. The number of nitrogens with zero attached hydrogens (tertiary/aromatic N) is 4. The second-order valence-electron chi connectivity index (χ2n) is 11.8. The van der Waals surface area contributed by atoms with Crippen molar-refractivity contribution < 1.29 is 42.9 Å². The van der Waals surface area contributed by atoms with Gasteiger partial charge in [0.25, 0.3) is 5.69 Å². The van der Waals surface area contributed by atoms with Crippen LogP contribution in [0.15, 0.2) is 107 Å². The first kappa shape index (κ1) is 44.3. The van der Waals surface area contributed by atoms with Gasteiger partial charge in [-0.05, 0) is 72.8 Å². The third-order valence-corrected chi connectivity index (χ3v) is 7.80. The summed E-state index contributed by atoms with van der Waals surface area (Å²) in [5, 5.41) is 19.3. The molecule has 0 bridgehead atoms. The van der Waals surface area contributed by atoms with Crippen molar-refractivity contribution in [2.45, 2.75) is 0 Å². The summed E-state index contributed by atoms with van der Waals surface area (Å²) in [4.78, 5) is 37.9. The summed E-state index contributed by atoms with van der Waals surface area (Å²) in [6.45, 7) is 0.510. The number of nitro groups is 1. The lowest BCUT2D eigenvalue weighted by Gasteiger charge is -2.24. The van der Waals surface area contributed by atoms with Gasteiger partial charge in [0.2, 0.25) is 0 Å². The van der Waals surface area contributed by atoms with Crippen molar-refractivity contribution in [2.24, 2.45) is 10.2 Å². The predicted octanol–water partition coefficient (Wildman–Crippen LogP) is 7.38. The number of non-ortho nitro benzene ring substituents is 1. The molecule has 4 aromatic carbocycles. The highest BCUT2D eigenvalue weighted by atomic mass is 16.6. The van der Waals surface area contributed by atoms with Crippen LogP contribution in [-0.4, -0.2) is 69.6 Å². The van der Waals surface area contributed by atoms with E-state index in [2.05, 4.69) is 33.9 Å². The van der Waals surface area contributed by atoms with Gasteiger partial charge in [-0.2, -0.15) is 10.2 Å². The highest BCUT2D eigenvalue weighted by Crippen LogP contribution is 2.28. The zero-order chi connectivity index (χ0) is 43.0. The summed E-state index contributed by atoms with van der Waals surface area (Å²) < 4.78 is 33.1. The molecule has 0 saturated carbocycles. The molecule has 4 aromatic rings. The minimum atomic E-state index is -0.620. The van der Waals surface area contributed by atoms with Crippen molar-refractivity contribution in [1.29, 1.82) is 0 Å². The molecule has 0 fully saturated rings. The van der Waals surface area contributed by atoms with Crippen LogP contribution in [-0.2, 0) is 19.1 Å². The second kappa shape index (κ2) is 24.2. The van der Waals surface area contributed by atoms with Gasteiger partial charge in [-0.25, -0.2) is 9.59 Å². The van der Waals surface area contributed by atoms with E-state index in [1.165, 1.54) is 48.6 Å². The van der Waals surface area contributed by atoms with Gasteiger partial charge in [0.1, 0.15) is 62.6 Å². The molecule has 0 aromatic heterocycles. The maximum Gasteiger partial charge on any atom is 0.330 e. The topological polar surface area (TPSA) is 161 Å². The lowest BCUT2D eigenvalue weighted by atomic mass is 10.1. The number of ether oxygens (including phenoxy) is 6. The zero-order valence-corrected chi connectivity index (χ0v) is 32.2. The van der Waals surface area contributed by atoms with E-state index in [1.807, 2.05) is 4.90 Å². The monoisotopic (exact) mass is 806 g/mol. The third-order valence-electron chi connectivity index (χ3n) is 7.80. The first-order valence-corrected chi connectivity index (χ1v) is 18.0. The molecule has 4 rings (SSSR count). The number of carbonyl (C=O) groups excluding carboxylic acids is 2. The lowest BCUT2D eigenvalue weighted by molar-refractivity contribution is -0.384. The van der Waals surface area contributed by atoms with Crippen LogP contribution in [0.25, 0.3) is 12.2 Å². The number of benzene rings is 4. The Balaban J connectivity index is 1.42. The van der Waals surface area contributed by atoms with Gasteiger partial charge in [0.15, 0.2) is 0 Å². The maximum absolute atomic E-state index is 12.8. The quantitative estimate of drug-likeness (QED) is 0.0195. The molecule has 302 valence electrons. The molecule has 0 amide bonds. The number of hydrogen-bond acceptors (Lipinski definition) is 13. The van der Waals surface area contributed by atoms with E-state index in [-0.39, 0.29) is 58.4 Å². The predicted molar refractivity (Wildman–Crippen MR) is 226 cm³/mol. The Hall–Kier alpha value is -8.46. The van der Waals surface area contributed by atoms with Crippen LogP contribution in [0.2, 0.25) is 0 Å². The molecule has 0 aliphatic heterocycles. The largest absolute Gasteiger partial charge is 0.481 e. The molecule has 14 nitrogen and oxygen atoms in total. The van der Waals surface area contributed by atoms with Crippen LogP contribution in [0, 0.1) is 59.5 Å². The van der Waals surface area contributed by atoms with Gasteiger partial charge >= 0.3 is 11.9 Å². The number of rotatable bonds is 22. The molecule has 0 radical (unpaired) electrons. The van der Waals surface area contributed by atoms with E-state index in [4.69, 9.17) is 54.1 Å². The summed E-state index contributed by atoms with van der Waals surface area (Å²) >= 11 is 0. The summed E-state index contributed by atoms with van der Waals surface area (Å²) in [6.07, 6.45) is 26.8. The Labute approximate surface area is 347 Å². The fourth-order valence-corrected chi connectivity index (χ4v) is 5.00. The van der Waals surface area contributed by atoms with Crippen molar-refractivity contribution in [3.8, 4) is 72.4 Å². The van der Waals surface area contributed by atoms with E-state index in [0.29, 0.717) is 51.2 Å². The van der Waals surface area contributed by atoms with Crippen LogP contribution < -0.4 is 23.8 Å². The lowest BCUT2D eigenvalue weighted by Crippen LogP contribution is -2.31. The number of anilines is 1. The third kappa shape index (κ3) is 14.9. The molecular weight excluding hydrogens is 769 g/mol. The molecule has 0 heterocycles. The Bertz CT molecular complexity index is 2250. The van der Waals surface area contributed by atoms with Gasteiger partial charge < -0.3 is 33.3 Å². The number of azo groups is 1. The summed E-state index contributed by atoms with van der Waals surface area (Å²) in [7, 11) is 0. The average molecular weight is 807 g/mol. The average Bonchev–Trinajstić information content (AvgIpc) is 3.26. The van der Waals surface area contributed by atoms with Crippen molar-refractivity contribution in [1.82, 2.24) is 0 Å². The highest BCUT2D eigenvalue weighted by molar-refractivity contribution is 5.88. The van der Waals surface area contributed by atoms with Crippen LogP contribution in [0.1, 0.15) is 11.1 Å². The standard InChI is InChI=1S/C46H38N4O10/c1-5-27-55-41-21-9-35(43(33-41)57-29-7-3)11-23-45(51)59-31-25-49(39-17-13-37(14-18-39)47-48-38-15-19-40(20-16-38)50(53)54)26-32-60-46(52)24-12-36-10-22-42(56-28-6-2)34-44(36)58-30-8-4/h1-4,9-24,33-34H,25-32H2/b23-11+,24-12+,48-47?. The molecule has 0 N–H and O–H groups in total. The molecule has 0 aliphatic carbocycles. The summed E-state index contributed by atoms with van der Waals surface area (Å²) in [5.74, 6) is 10.1. The number of esters is 2. The van der Waals surface area contributed by atoms with Crippen molar-refractivity contribution in [3.63, 3.8) is 0 Å². The van der Waals surface area contributed by atoms with Crippen molar-refractivity contribution >= 4 is 46.8 Å². The van der Waals surface area contributed by atoms with Gasteiger partial charge in [0, 0.05) is 53.2 Å². The Morgan fingerprint density at radius 2 is 1.03 bits per heavy atom. The first-order chi connectivity index (χ1) is 29.2. The van der Waals surface area contributed by atoms with Crippen molar-refractivity contribution in [3.05, 3.63) is 118 Å². The summed E-state index contributed by atoms with van der Waals surface area (Å²) in [5.41, 5.74) is 2.70. The molecule has 0 spiro atoms. The minimum Gasteiger partial charge on any atom is -0.481 e. The molecule has 0 aliphatic rings. The number of nitro benzene ring substituents is 1. The Kier molecular flexibility index (Phi) is 17.9. The van der Waals surface area contributed by atoms with E-state index in [0.717, 1.165) is 0 Å². The molecular formula is C46H38N4O10. The number of carbonyl (C=O) groups is 2. The van der Waals surface area contributed by atoms with Crippen LogP contribution in [0.5, 0.6) is 23.0 Å². The van der Waals surface area contributed by atoms with E-state index < -0.39 is 16.9 Å². The smallest absolute Gasteiger partial charge is 0.330 e. The van der Waals surface area contributed by atoms with Gasteiger partial charge in [-0.1, -0.05) is 23.7 Å². The second-order valence-corrected chi connectivity index (χ2v) is 11.8. The number of terminal acetylenes is 4. The summed E-state index contributed by atoms with van der Waals surface area (Å²) in [6, 6.07) is 22.6.